The molecule has 1 radical (unpaired) electrons. The number of ether oxygens (including phenoxy) is 1. The SMILES string of the molecule is O=[C]OC(=O)C=Cc1ccccc1. The van der Waals surface area contributed by atoms with Gasteiger partial charge in [-0.3, -0.25) is 0 Å². The molecule has 0 aliphatic heterocycles. The molecule has 3 nitrogen and oxygen atoms in total. The Kier molecular flexibility index (Phi) is 3.45. The molecule has 13 heavy (non-hydrogen) atoms. The summed E-state index contributed by atoms with van der Waals surface area (Å²) in [6.07, 6.45) is 2.72. The topological polar surface area (TPSA) is 43.4 Å². The highest BCUT2D eigenvalue weighted by Crippen LogP contribution is 2.00. The Morgan fingerprint density at radius 1 is 1.31 bits per heavy atom. The Morgan fingerprint density at radius 2 is 2.00 bits per heavy atom. The second-order valence-corrected chi connectivity index (χ2v) is 2.25. The molecule has 0 atom stereocenters. The zero-order valence-electron chi connectivity index (χ0n) is 6.77. The van der Waals surface area contributed by atoms with Gasteiger partial charge in [0.05, 0.1) is 0 Å². The van der Waals surface area contributed by atoms with Crippen molar-refractivity contribution >= 4 is 18.5 Å². The van der Waals surface area contributed by atoms with Gasteiger partial charge in [-0.05, 0) is 11.6 Å². The van der Waals surface area contributed by atoms with E-state index in [-0.39, 0.29) is 0 Å². The first-order valence-electron chi connectivity index (χ1n) is 3.64. The quantitative estimate of drug-likeness (QED) is 0.395. The van der Waals surface area contributed by atoms with Crippen molar-refractivity contribution in [3.05, 3.63) is 42.0 Å². The summed E-state index contributed by atoms with van der Waals surface area (Å²) >= 11 is 0. The number of carbonyl (C=O) groups is 1. The summed E-state index contributed by atoms with van der Waals surface area (Å²) in [6.45, 7) is 1.05. The summed E-state index contributed by atoms with van der Waals surface area (Å²) in [5.41, 5.74) is 0.866. The molecule has 0 aliphatic carbocycles. The van der Waals surface area contributed by atoms with Gasteiger partial charge in [0.2, 0.25) is 0 Å². The number of hydrogen-bond donors (Lipinski definition) is 0. The summed E-state index contributed by atoms with van der Waals surface area (Å²) in [5, 5.41) is 0. The fourth-order valence-corrected chi connectivity index (χ4v) is 0.804. The zero-order valence-corrected chi connectivity index (χ0v) is 6.77. The molecule has 0 spiro atoms. The third-order valence-electron chi connectivity index (χ3n) is 1.35. The van der Waals surface area contributed by atoms with Crippen LogP contribution in [-0.2, 0) is 14.3 Å². The lowest BCUT2D eigenvalue weighted by molar-refractivity contribution is -0.130. The van der Waals surface area contributed by atoms with E-state index in [1.54, 1.807) is 6.08 Å². The van der Waals surface area contributed by atoms with Crippen molar-refractivity contribution in [3.63, 3.8) is 0 Å². The maximum atomic E-state index is 10.6. The van der Waals surface area contributed by atoms with Crippen molar-refractivity contribution in [2.75, 3.05) is 0 Å². The van der Waals surface area contributed by atoms with Gasteiger partial charge in [0.25, 0.3) is 0 Å². The van der Waals surface area contributed by atoms with E-state index >= 15 is 0 Å². The molecule has 0 aliphatic rings. The lowest BCUT2D eigenvalue weighted by Crippen LogP contribution is -1.96. The number of hydrogen-bond acceptors (Lipinski definition) is 3. The molecular formula is C10H7O3. The van der Waals surface area contributed by atoms with Crippen molar-refractivity contribution in [3.8, 4) is 0 Å². The lowest BCUT2D eigenvalue weighted by atomic mass is 10.2. The average molecular weight is 175 g/mol. The van der Waals surface area contributed by atoms with E-state index in [9.17, 15) is 9.59 Å². The summed E-state index contributed by atoms with van der Waals surface area (Å²) in [7, 11) is 0. The van der Waals surface area contributed by atoms with Crippen LogP contribution < -0.4 is 0 Å². The molecular weight excluding hydrogens is 168 g/mol. The molecule has 1 rings (SSSR count). The molecule has 0 heterocycles. The maximum absolute atomic E-state index is 10.6. The third-order valence-corrected chi connectivity index (χ3v) is 1.35. The Morgan fingerprint density at radius 3 is 2.62 bits per heavy atom. The van der Waals surface area contributed by atoms with Gasteiger partial charge in [-0.2, -0.15) is 0 Å². The summed E-state index contributed by atoms with van der Waals surface area (Å²) in [6, 6.07) is 9.21. The van der Waals surface area contributed by atoms with Crippen molar-refractivity contribution in [1.29, 1.82) is 0 Å². The van der Waals surface area contributed by atoms with E-state index in [4.69, 9.17) is 0 Å². The monoisotopic (exact) mass is 175 g/mol. The molecule has 0 fully saturated rings. The van der Waals surface area contributed by atoms with Gasteiger partial charge in [-0.1, -0.05) is 30.3 Å². The molecule has 0 amide bonds. The minimum absolute atomic E-state index is 0.723. The Labute approximate surface area is 75.6 Å². The zero-order chi connectivity index (χ0) is 9.52. The van der Waals surface area contributed by atoms with Gasteiger partial charge in [0.15, 0.2) is 0 Å². The van der Waals surface area contributed by atoms with Crippen LogP contribution in [0.5, 0.6) is 0 Å². The van der Waals surface area contributed by atoms with Crippen molar-refractivity contribution in [1.82, 2.24) is 0 Å². The van der Waals surface area contributed by atoms with E-state index in [0.717, 1.165) is 12.0 Å². The fourth-order valence-electron chi connectivity index (χ4n) is 0.804. The van der Waals surface area contributed by atoms with Gasteiger partial charge in [-0.25, -0.2) is 9.59 Å². The van der Waals surface area contributed by atoms with Crippen LogP contribution >= 0.6 is 0 Å². The predicted octanol–water partition coefficient (Wildman–Crippen LogP) is 1.31. The van der Waals surface area contributed by atoms with E-state index in [1.165, 1.54) is 6.08 Å². The van der Waals surface area contributed by atoms with Gasteiger partial charge in [-0.15, -0.1) is 0 Å². The van der Waals surface area contributed by atoms with Crippen LogP contribution in [0.1, 0.15) is 5.56 Å². The molecule has 1 aromatic rings. The lowest BCUT2D eigenvalue weighted by Gasteiger charge is -1.89. The van der Waals surface area contributed by atoms with Crippen LogP contribution in [0.4, 0.5) is 0 Å². The van der Waals surface area contributed by atoms with Crippen LogP contribution in [0.15, 0.2) is 36.4 Å². The second kappa shape index (κ2) is 4.87. The summed E-state index contributed by atoms with van der Waals surface area (Å²) in [4.78, 5) is 20.3. The average Bonchev–Trinajstić information content (AvgIpc) is 2.17. The highest BCUT2D eigenvalue weighted by atomic mass is 16.6. The summed E-state index contributed by atoms with van der Waals surface area (Å²) < 4.78 is 3.93. The fraction of sp³-hybridized carbons (Fsp3) is 0. The van der Waals surface area contributed by atoms with E-state index < -0.39 is 5.97 Å². The smallest absolute Gasteiger partial charge is 0.381 e. The Bertz CT molecular complexity index is 314. The molecule has 1 aromatic carbocycles. The molecule has 0 N–H and O–H groups in total. The predicted molar refractivity (Wildman–Crippen MR) is 47.3 cm³/mol. The number of esters is 1. The van der Waals surface area contributed by atoms with Gasteiger partial charge < -0.3 is 4.74 Å². The van der Waals surface area contributed by atoms with Crippen LogP contribution in [0.2, 0.25) is 0 Å². The largest absolute Gasteiger partial charge is 0.425 e. The number of rotatable bonds is 3. The summed E-state index contributed by atoms with van der Waals surface area (Å²) in [5.74, 6) is -0.723. The molecule has 65 valence electrons. The van der Waals surface area contributed by atoms with Crippen molar-refractivity contribution < 1.29 is 14.3 Å². The second-order valence-electron chi connectivity index (χ2n) is 2.25. The van der Waals surface area contributed by atoms with E-state index in [2.05, 4.69) is 4.74 Å². The molecule has 0 saturated carbocycles. The standard InChI is InChI=1S/C10H7O3/c11-8-13-10(12)7-6-9-4-2-1-3-5-9/h1-7H. The van der Waals surface area contributed by atoms with Crippen LogP contribution in [-0.4, -0.2) is 12.4 Å². The minimum atomic E-state index is -0.723. The first kappa shape index (κ1) is 9.19. The van der Waals surface area contributed by atoms with Gasteiger partial charge in [0.1, 0.15) is 0 Å². The molecule has 0 aromatic heterocycles. The Hall–Kier alpha value is -1.90. The highest BCUT2D eigenvalue weighted by Gasteiger charge is 1.94. The molecule has 0 bridgehead atoms. The molecule has 0 unspecified atom stereocenters. The number of carbonyl (C=O) groups excluding carboxylic acids is 2. The van der Waals surface area contributed by atoms with Gasteiger partial charge >= 0.3 is 12.4 Å². The first-order chi connectivity index (χ1) is 6.33. The first-order valence-corrected chi connectivity index (χ1v) is 3.64. The van der Waals surface area contributed by atoms with Crippen molar-refractivity contribution in [2.45, 2.75) is 0 Å². The van der Waals surface area contributed by atoms with Crippen LogP contribution in [0.25, 0.3) is 6.08 Å². The minimum Gasteiger partial charge on any atom is -0.381 e. The van der Waals surface area contributed by atoms with E-state index in [0.29, 0.717) is 0 Å². The van der Waals surface area contributed by atoms with Crippen LogP contribution in [0.3, 0.4) is 0 Å². The van der Waals surface area contributed by atoms with Crippen molar-refractivity contribution in [2.24, 2.45) is 0 Å². The van der Waals surface area contributed by atoms with Crippen LogP contribution in [0, 0.1) is 0 Å². The normalized spacial score (nSPS) is 9.85. The van der Waals surface area contributed by atoms with E-state index in [1.807, 2.05) is 30.3 Å². The third kappa shape index (κ3) is 3.33. The molecule has 3 heteroatoms. The Balaban J connectivity index is 2.58. The highest BCUT2D eigenvalue weighted by molar-refractivity contribution is 5.90. The van der Waals surface area contributed by atoms with Gasteiger partial charge in [0, 0.05) is 6.08 Å². The maximum Gasteiger partial charge on any atom is 0.425 e. The number of benzene rings is 1. The molecule has 0 saturated heterocycles.